The summed E-state index contributed by atoms with van der Waals surface area (Å²) in [4.78, 5) is 40.5. The van der Waals surface area contributed by atoms with Crippen molar-refractivity contribution >= 4 is 23.2 Å². The van der Waals surface area contributed by atoms with Crippen LogP contribution in [0.25, 0.3) is 5.52 Å². The summed E-state index contributed by atoms with van der Waals surface area (Å²) in [7, 11) is 0. The number of imide groups is 1. The van der Waals surface area contributed by atoms with E-state index < -0.39 is 11.9 Å². The van der Waals surface area contributed by atoms with Crippen molar-refractivity contribution in [3.8, 4) is 0 Å². The van der Waals surface area contributed by atoms with E-state index in [1.165, 1.54) is 11.0 Å². The second-order valence-electron chi connectivity index (χ2n) is 9.67. The number of hydrogen-bond donors (Lipinski definition) is 1. The molecule has 3 amide bonds. The number of pyridine rings is 1. The van der Waals surface area contributed by atoms with Crippen LogP contribution in [0.3, 0.4) is 0 Å². The van der Waals surface area contributed by atoms with E-state index in [9.17, 15) is 14.4 Å². The number of carbonyl (C=O) groups excluding carboxylic acids is 3. The van der Waals surface area contributed by atoms with Gasteiger partial charge in [-0.1, -0.05) is 12.1 Å². The lowest BCUT2D eigenvalue weighted by atomic mass is 9.87. The summed E-state index contributed by atoms with van der Waals surface area (Å²) in [5.74, 6) is -1.40. The number of nitrogens with one attached hydrogen (secondary N) is 1. The maximum absolute atomic E-state index is 15.2. The zero-order valence-corrected chi connectivity index (χ0v) is 19.2. The monoisotopic (exact) mass is 475 g/mol. The molecular formula is C26H26FN5O3. The number of amides is 3. The Morgan fingerprint density at radius 2 is 1.89 bits per heavy atom. The van der Waals surface area contributed by atoms with E-state index in [1.54, 1.807) is 6.20 Å². The summed E-state index contributed by atoms with van der Waals surface area (Å²) in [6.07, 6.45) is 3.95. The molecule has 8 nitrogen and oxygen atoms in total. The molecule has 3 aromatic rings. The summed E-state index contributed by atoms with van der Waals surface area (Å²) >= 11 is 0. The van der Waals surface area contributed by atoms with Gasteiger partial charge in [-0.25, -0.2) is 8.91 Å². The summed E-state index contributed by atoms with van der Waals surface area (Å²) < 4.78 is 17.1. The first-order valence-corrected chi connectivity index (χ1v) is 12.1. The van der Waals surface area contributed by atoms with Gasteiger partial charge in [0, 0.05) is 31.3 Å². The Balaban J connectivity index is 1.15. The Labute approximate surface area is 201 Å². The molecule has 0 aliphatic carbocycles. The van der Waals surface area contributed by atoms with Crippen LogP contribution < -0.4 is 5.32 Å². The predicted octanol–water partition coefficient (Wildman–Crippen LogP) is 2.61. The van der Waals surface area contributed by atoms with E-state index in [2.05, 4.69) is 21.4 Å². The van der Waals surface area contributed by atoms with Crippen LogP contribution in [0.5, 0.6) is 0 Å². The first-order valence-electron chi connectivity index (χ1n) is 12.1. The van der Waals surface area contributed by atoms with E-state index in [0.29, 0.717) is 17.5 Å². The van der Waals surface area contributed by atoms with Crippen LogP contribution in [0.1, 0.15) is 58.8 Å². The molecule has 1 N–H and O–H groups in total. The van der Waals surface area contributed by atoms with Crippen molar-refractivity contribution in [2.45, 2.75) is 50.7 Å². The van der Waals surface area contributed by atoms with Gasteiger partial charge in [-0.3, -0.25) is 24.6 Å². The van der Waals surface area contributed by atoms with Crippen LogP contribution in [0.2, 0.25) is 0 Å². The number of benzene rings is 1. The van der Waals surface area contributed by atoms with Gasteiger partial charge in [0.25, 0.3) is 5.91 Å². The quantitative estimate of drug-likeness (QED) is 0.587. The van der Waals surface area contributed by atoms with Gasteiger partial charge in [0.15, 0.2) is 0 Å². The lowest BCUT2D eigenvalue weighted by molar-refractivity contribution is -0.136. The standard InChI is InChI=1S/C26H26FN5O3/c27-22-13-21-17(14-31(26(21)35)23-4-5-24(33)29-25(23)34)12-20(22)16-7-10-30(11-8-16)15-19-3-1-2-18-6-9-28-32(18)19/h1-3,6,9,12-13,16,23H,4-5,7-8,10-11,14-15H2,(H,29,33,34). The molecule has 6 rings (SSSR count). The van der Waals surface area contributed by atoms with E-state index >= 15 is 4.39 Å². The molecule has 0 bridgehead atoms. The van der Waals surface area contributed by atoms with Crippen molar-refractivity contribution in [1.82, 2.24) is 24.7 Å². The molecule has 2 saturated heterocycles. The molecule has 0 radical (unpaired) electrons. The molecule has 3 aliphatic heterocycles. The highest BCUT2D eigenvalue weighted by Crippen LogP contribution is 2.35. The molecule has 1 aromatic carbocycles. The van der Waals surface area contributed by atoms with Crippen molar-refractivity contribution in [3.05, 3.63) is 70.8 Å². The summed E-state index contributed by atoms with van der Waals surface area (Å²) in [5.41, 5.74) is 3.92. The fourth-order valence-corrected chi connectivity index (χ4v) is 5.68. The molecule has 35 heavy (non-hydrogen) atoms. The van der Waals surface area contributed by atoms with Gasteiger partial charge < -0.3 is 4.90 Å². The van der Waals surface area contributed by atoms with Crippen molar-refractivity contribution in [1.29, 1.82) is 0 Å². The SMILES string of the molecule is O=C1CCC(N2Cc3cc(C4CCN(Cc5cccc6ccnn56)CC4)c(F)cc3C2=O)C(=O)N1. The van der Waals surface area contributed by atoms with Crippen LogP contribution in [-0.2, 0) is 22.7 Å². The minimum Gasteiger partial charge on any atom is -0.322 e. The number of piperidine rings is 2. The average molecular weight is 476 g/mol. The largest absolute Gasteiger partial charge is 0.322 e. The second kappa shape index (κ2) is 8.57. The Morgan fingerprint density at radius 1 is 1.06 bits per heavy atom. The number of likely N-dealkylation sites (tertiary alicyclic amines) is 1. The Morgan fingerprint density at radius 3 is 2.69 bits per heavy atom. The Hall–Kier alpha value is -3.59. The maximum atomic E-state index is 15.2. The van der Waals surface area contributed by atoms with Crippen LogP contribution in [0.4, 0.5) is 4.39 Å². The Bertz CT molecular complexity index is 1340. The van der Waals surface area contributed by atoms with Crippen LogP contribution in [-0.4, -0.2) is 56.3 Å². The summed E-state index contributed by atoms with van der Waals surface area (Å²) in [6, 6.07) is 10.6. The molecule has 1 unspecified atom stereocenters. The minimum absolute atomic E-state index is 0.0804. The van der Waals surface area contributed by atoms with Gasteiger partial charge in [-0.15, -0.1) is 0 Å². The molecule has 0 saturated carbocycles. The van der Waals surface area contributed by atoms with Gasteiger partial charge in [0.2, 0.25) is 11.8 Å². The first kappa shape index (κ1) is 21.9. The third-order valence-electron chi connectivity index (χ3n) is 7.55. The van der Waals surface area contributed by atoms with Crippen LogP contribution in [0, 0.1) is 5.82 Å². The average Bonchev–Trinajstić information content (AvgIpc) is 3.45. The van der Waals surface area contributed by atoms with E-state index in [0.717, 1.165) is 49.2 Å². The fraction of sp³-hybridized carbons (Fsp3) is 0.385. The fourth-order valence-electron chi connectivity index (χ4n) is 5.68. The zero-order chi connectivity index (χ0) is 24.1. The molecule has 0 spiro atoms. The molecule has 5 heterocycles. The highest BCUT2D eigenvalue weighted by Gasteiger charge is 2.40. The molecule has 9 heteroatoms. The lowest BCUT2D eigenvalue weighted by Gasteiger charge is -2.32. The van der Waals surface area contributed by atoms with Gasteiger partial charge in [0.05, 0.1) is 11.2 Å². The first-order chi connectivity index (χ1) is 17.0. The van der Waals surface area contributed by atoms with E-state index in [1.807, 2.05) is 28.8 Å². The van der Waals surface area contributed by atoms with Crippen molar-refractivity contribution in [2.24, 2.45) is 0 Å². The molecule has 1 atom stereocenters. The summed E-state index contributed by atoms with van der Waals surface area (Å²) in [6.45, 7) is 2.74. The van der Waals surface area contributed by atoms with Crippen LogP contribution in [0.15, 0.2) is 42.6 Å². The van der Waals surface area contributed by atoms with Crippen molar-refractivity contribution in [3.63, 3.8) is 0 Å². The van der Waals surface area contributed by atoms with E-state index in [-0.39, 0.29) is 36.5 Å². The van der Waals surface area contributed by atoms with Crippen molar-refractivity contribution < 1.29 is 18.8 Å². The number of hydrogen-bond acceptors (Lipinski definition) is 5. The maximum Gasteiger partial charge on any atom is 0.255 e. The highest BCUT2D eigenvalue weighted by molar-refractivity contribution is 6.05. The van der Waals surface area contributed by atoms with E-state index in [4.69, 9.17) is 0 Å². The number of nitrogens with zero attached hydrogens (tertiary/aromatic N) is 4. The number of halogens is 1. The number of fused-ring (bicyclic) bond motifs is 2. The molecule has 2 fully saturated rings. The van der Waals surface area contributed by atoms with Gasteiger partial charge in [0.1, 0.15) is 11.9 Å². The minimum atomic E-state index is -0.693. The summed E-state index contributed by atoms with van der Waals surface area (Å²) in [5, 5.41) is 6.71. The molecular weight excluding hydrogens is 449 g/mol. The van der Waals surface area contributed by atoms with Gasteiger partial charge >= 0.3 is 0 Å². The molecule has 3 aliphatic rings. The zero-order valence-electron chi connectivity index (χ0n) is 19.2. The third kappa shape index (κ3) is 3.89. The normalized spacial score (nSPS) is 21.6. The predicted molar refractivity (Wildman–Crippen MR) is 125 cm³/mol. The lowest BCUT2D eigenvalue weighted by Crippen LogP contribution is -2.52. The van der Waals surface area contributed by atoms with Crippen molar-refractivity contribution in [2.75, 3.05) is 13.1 Å². The van der Waals surface area contributed by atoms with Gasteiger partial charge in [-0.2, -0.15) is 5.10 Å². The number of rotatable bonds is 4. The third-order valence-corrected chi connectivity index (χ3v) is 7.55. The number of aromatic nitrogens is 2. The second-order valence-corrected chi connectivity index (χ2v) is 9.67. The molecule has 2 aromatic heterocycles. The van der Waals surface area contributed by atoms with Crippen LogP contribution >= 0.6 is 0 Å². The highest BCUT2D eigenvalue weighted by atomic mass is 19.1. The topological polar surface area (TPSA) is 87.0 Å². The molecule has 180 valence electrons. The Kier molecular flexibility index (Phi) is 5.36. The smallest absolute Gasteiger partial charge is 0.255 e. The van der Waals surface area contributed by atoms with Gasteiger partial charge in [-0.05, 0) is 73.7 Å². The number of carbonyl (C=O) groups is 3.